The standard InChI is InChI=1S/C29H31Cl4N3O4S/c1-4-19(2)34-29(38)27(14-20-8-6-5-7-9-20)35(17-21-10-11-22(30)15-24(21)32)28(37)18-36(41(3,39)40)26-13-12-23(31)16-25(26)33/h5-13,15-16,19,27H,4,14,17-18H2,1-3H3,(H,34,38)/t19-,27+/m1/s1. The van der Waals surface area contributed by atoms with Crippen LogP contribution in [0.1, 0.15) is 31.4 Å². The first-order chi connectivity index (χ1) is 19.3. The van der Waals surface area contributed by atoms with Gasteiger partial charge in [-0.15, -0.1) is 0 Å². The molecular weight excluding hydrogens is 628 g/mol. The summed E-state index contributed by atoms with van der Waals surface area (Å²) >= 11 is 24.9. The Kier molecular flexibility index (Phi) is 11.8. The Balaban J connectivity index is 2.11. The van der Waals surface area contributed by atoms with Crippen LogP contribution >= 0.6 is 46.4 Å². The van der Waals surface area contributed by atoms with Gasteiger partial charge in [-0.25, -0.2) is 8.42 Å². The minimum absolute atomic E-state index is 0.0540. The summed E-state index contributed by atoms with van der Waals surface area (Å²) in [6.07, 6.45) is 1.83. The zero-order chi connectivity index (χ0) is 30.3. The van der Waals surface area contributed by atoms with Crippen LogP contribution in [0.25, 0.3) is 0 Å². The fraction of sp³-hybridized carbons (Fsp3) is 0.310. The molecular formula is C29H31Cl4N3O4S. The second kappa shape index (κ2) is 14.6. The van der Waals surface area contributed by atoms with Crippen molar-refractivity contribution in [2.45, 2.75) is 45.3 Å². The van der Waals surface area contributed by atoms with Crippen molar-refractivity contribution in [1.29, 1.82) is 0 Å². The topological polar surface area (TPSA) is 86.8 Å². The van der Waals surface area contributed by atoms with Crippen LogP contribution in [0.4, 0.5) is 5.69 Å². The molecule has 0 spiro atoms. The Labute approximate surface area is 261 Å². The molecule has 220 valence electrons. The van der Waals surface area contributed by atoms with E-state index in [-0.39, 0.29) is 35.6 Å². The molecule has 3 rings (SSSR count). The zero-order valence-corrected chi connectivity index (χ0v) is 26.6. The van der Waals surface area contributed by atoms with Crippen molar-refractivity contribution in [2.75, 3.05) is 17.1 Å². The Morgan fingerprint density at radius 1 is 0.902 bits per heavy atom. The quantitative estimate of drug-likeness (QED) is 0.237. The molecule has 0 aliphatic carbocycles. The Bertz CT molecular complexity index is 1490. The number of sulfonamides is 1. The predicted molar refractivity (Wildman–Crippen MR) is 167 cm³/mol. The molecule has 3 aromatic rings. The van der Waals surface area contributed by atoms with E-state index in [1.807, 2.05) is 44.2 Å². The van der Waals surface area contributed by atoms with E-state index >= 15 is 0 Å². The van der Waals surface area contributed by atoms with Crippen molar-refractivity contribution in [1.82, 2.24) is 10.2 Å². The fourth-order valence-electron chi connectivity index (χ4n) is 4.11. The number of hydrogen-bond acceptors (Lipinski definition) is 4. The largest absolute Gasteiger partial charge is 0.352 e. The molecule has 0 unspecified atom stereocenters. The molecule has 2 amide bonds. The molecule has 0 bridgehead atoms. The van der Waals surface area contributed by atoms with Gasteiger partial charge >= 0.3 is 0 Å². The minimum atomic E-state index is -3.98. The summed E-state index contributed by atoms with van der Waals surface area (Å²) in [4.78, 5) is 29.2. The Hall–Kier alpha value is -2.49. The number of carbonyl (C=O) groups excluding carboxylic acids is 2. The van der Waals surface area contributed by atoms with Crippen LogP contribution in [0.15, 0.2) is 66.7 Å². The molecule has 12 heteroatoms. The number of carbonyl (C=O) groups is 2. The van der Waals surface area contributed by atoms with Gasteiger partial charge in [0.1, 0.15) is 12.6 Å². The number of nitrogens with zero attached hydrogens (tertiary/aromatic N) is 2. The monoisotopic (exact) mass is 657 g/mol. The molecule has 0 radical (unpaired) electrons. The summed E-state index contributed by atoms with van der Waals surface area (Å²) in [6, 6.07) is 17.3. The fourth-order valence-corrected chi connectivity index (χ4v) is 6.00. The summed E-state index contributed by atoms with van der Waals surface area (Å²) in [7, 11) is -3.98. The van der Waals surface area contributed by atoms with Crippen LogP contribution in [0.2, 0.25) is 20.1 Å². The van der Waals surface area contributed by atoms with Crippen LogP contribution < -0.4 is 9.62 Å². The number of anilines is 1. The van der Waals surface area contributed by atoms with Gasteiger partial charge in [0.25, 0.3) is 0 Å². The van der Waals surface area contributed by atoms with Crippen molar-refractivity contribution >= 4 is 73.9 Å². The minimum Gasteiger partial charge on any atom is -0.352 e. The first-order valence-corrected chi connectivity index (χ1v) is 16.2. The lowest BCUT2D eigenvalue weighted by molar-refractivity contribution is -0.140. The summed E-state index contributed by atoms with van der Waals surface area (Å²) < 4.78 is 26.7. The first-order valence-electron chi connectivity index (χ1n) is 12.8. The predicted octanol–water partition coefficient (Wildman–Crippen LogP) is 6.62. The first kappa shape index (κ1) is 33.0. The molecule has 0 aliphatic rings. The van der Waals surface area contributed by atoms with E-state index < -0.39 is 28.5 Å². The van der Waals surface area contributed by atoms with Gasteiger partial charge in [0.2, 0.25) is 21.8 Å². The molecule has 0 saturated carbocycles. The SMILES string of the molecule is CC[C@@H](C)NC(=O)[C@H](Cc1ccccc1)N(Cc1ccc(Cl)cc1Cl)C(=O)CN(c1ccc(Cl)cc1Cl)S(C)(=O)=O. The van der Waals surface area contributed by atoms with Gasteiger partial charge in [0.15, 0.2) is 0 Å². The van der Waals surface area contributed by atoms with Crippen molar-refractivity contribution in [3.8, 4) is 0 Å². The highest BCUT2D eigenvalue weighted by molar-refractivity contribution is 7.92. The van der Waals surface area contributed by atoms with E-state index in [2.05, 4.69) is 5.32 Å². The summed E-state index contributed by atoms with van der Waals surface area (Å²) in [6.45, 7) is 3.11. The molecule has 7 nitrogen and oxygen atoms in total. The third-order valence-corrected chi connectivity index (χ3v) is 8.74. The summed E-state index contributed by atoms with van der Waals surface area (Å²) in [5.41, 5.74) is 1.44. The smallest absolute Gasteiger partial charge is 0.244 e. The zero-order valence-electron chi connectivity index (χ0n) is 22.8. The van der Waals surface area contributed by atoms with Crippen LogP contribution in [-0.4, -0.2) is 50.0 Å². The number of rotatable bonds is 12. The summed E-state index contributed by atoms with van der Waals surface area (Å²) in [5.74, 6) is -1.01. The molecule has 0 fully saturated rings. The van der Waals surface area contributed by atoms with Gasteiger partial charge in [0, 0.05) is 34.1 Å². The van der Waals surface area contributed by atoms with Crippen molar-refractivity contribution in [3.05, 3.63) is 97.9 Å². The molecule has 1 N–H and O–H groups in total. The second-order valence-corrected chi connectivity index (χ2v) is 13.2. The Morgan fingerprint density at radius 3 is 2.07 bits per heavy atom. The third-order valence-electron chi connectivity index (χ3n) is 6.49. The summed E-state index contributed by atoms with van der Waals surface area (Å²) in [5, 5.41) is 4.04. The lowest BCUT2D eigenvalue weighted by Gasteiger charge is -2.34. The molecule has 0 heterocycles. The van der Waals surface area contributed by atoms with Gasteiger partial charge in [-0.1, -0.05) is 89.7 Å². The maximum Gasteiger partial charge on any atom is 0.244 e. The van der Waals surface area contributed by atoms with Gasteiger partial charge in [-0.2, -0.15) is 0 Å². The van der Waals surface area contributed by atoms with Gasteiger partial charge < -0.3 is 10.2 Å². The molecule has 0 saturated heterocycles. The average Bonchev–Trinajstić information content (AvgIpc) is 2.90. The maximum atomic E-state index is 14.1. The number of nitrogens with one attached hydrogen (secondary N) is 1. The highest BCUT2D eigenvalue weighted by Crippen LogP contribution is 2.31. The highest BCUT2D eigenvalue weighted by atomic mass is 35.5. The molecule has 3 aromatic carbocycles. The third kappa shape index (κ3) is 9.25. The van der Waals surface area contributed by atoms with E-state index in [0.29, 0.717) is 27.1 Å². The normalized spacial score (nSPS) is 12.9. The average molecular weight is 659 g/mol. The number of amides is 2. The van der Waals surface area contributed by atoms with Gasteiger partial charge in [-0.3, -0.25) is 13.9 Å². The number of halogens is 4. The number of hydrogen-bond donors (Lipinski definition) is 1. The van der Waals surface area contributed by atoms with E-state index in [1.54, 1.807) is 18.2 Å². The maximum absolute atomic E-state index is 14.1. The molecule has 41 heavy (non-hydrogen) atoms. The molecule has 2 atom stereocenters. The molecule has 0 aromatic heterocycles. The number of benzene rings is 3. The highest BCUT2D eigenvalue weighted by Gasteiger charge is 2.34. The van der Waals surface area contributed by atoms with E-state index in [0.717, 1.165) is 16.1 Å². The Morgan fingerprint density at radius 2 is 1.51 bits per heavy atom. The van der Waals surface area contributed by atoms with E-state index in [9.17, 15) is 18.0 Å². The van der Waals surface area contributed by atoms with Crippen molar-refractivity contribution < 1.29 is 18.0 Å². The lowest BCUT2D eigenvalue weighted by atomic mass is 10.0. The van der Waals surface area contributed by atoms with Crippen LogP contribution in [0.5, 0.6) is 0 Å². The van der Waals surface area contributed by atoms with E-state index in [1.165, 1.54) is 23.1 Å². The van der Waals surface area contributed by atoms with Crippen LogP contribution in [-0.2, 0) is 32.6 Å². The van der Waals surface area contributed by atoms with Crippen molar-refractivity contribution in [3.63, 3.8) is 0 Å². The molecule has 0 aliphatic heterocycles. The van der Waals surface area contributed by atoms with E-state index in [4.69, 9.17) is 46.4 Å². The van der Waals surface area contributed by atoms with Gasteiger partial charge in [0.05, 0.1) is 17.0 Å². The second-order valence-electron chi connectivity index (χ2n) is 9.65. The van der Waals surface area contributed by atoms with Crippen molar-refractivity contribution in [2.24, 2.45) is 0 Å². The lowest BCUT2D eigenvalue weighted by Crippen LogP contribution is -2.54. The van der Waals surface area contributed by atoms with Crippen LogP contribution in [0, 0.1) is 0 Å². The van der Waals surface area contributed by atoms with Crippen LogP contribution in [0.3, 0.4) is 0 Å². The van der Waals surface area contributed by atoms with Gasteiger partial charge in [-0.05, 0) is 54.8 Å².